The molecule has 0 spiro atoms. The lowest BCUT2D eigenvalue weighted by Crippen LogP contribution is -2.47. The molecule has 0 saturated carbocycles. The van der Waals surface area contributed by atoms with Crippen LogP contribution in [0.5, 0.6) is 0 Å². The Morgan fingerprint density at radius 2 is 1.97 bits per heavy atom. The van der Waals surface area contributed by atoms with E-state index in [1.807, 2.05) is 6.07 Å². The molecule has 0 radical (unpaired) electrons. The topological polar surface area (TPSA) is 62.5 Å². The summed E-state index contributed by atoms with van der Waals surface area (Å²) in [6.07, 6.45) is 9.04. The summed E-state index contributed by atoms with van der Waals surface area (Å²) in [5, 5.41) is 3.50. The second kappa shape index (κ2) is 15.1. The zero-order chi connectivity index (χ0) is 21.0. The number of nitrogens with one attached hydrogen (secondary N) is 1. The number of hydrogen-bond acceptors (Lipinski definition) is 5. The molecule has 31 heavy (non-hydrogen) atoms. The number of halogens is 1. The van der Waals surface area contributed by atoms with Gasteiger partial charge in [0.05, 0.1) is 25.0 Å². The Bertz CT molecular complexity index is 600. The Morgan fingerprint density at radius 3 is 2.61 bits per heavy atom. The van der Waals surface area contributed by atoms with Gasteiger partial charge in [0.1, 0.15) is 5.76 Å². The zero-order valence-corrected chi connectivity index (χ0v) is 21.6. The van der Waals surface area contributed by atoms with Gasteiger partial charge in [-0.05, 0) is 64.3 Å². The highest BCUT2D eigenvalue weighted by molar-refractivity contribution is 14.0. The van der Waals surface area contributed by atoms with Crippen molar-refractivity contribution < 1.29 is 13.9 Å². The number of rotatable bonds is 10. The van der Waals surface area contributed by atoms with Gasteiger partial charge in [-0.2, -0.15) is 0 Å². The van der Waals surface area contributed by atoms with Crippen molar-refractivity contribution in [3.63, 3.8) is 0 Å². The maximum Gasteiger partial charge on any atom is 0.193 e. The first-order valence-electron chi connectivity index (χ1n) is 11.7. The van der Waals surface area contributed by atoms with E-state index in [2.05, 4.69) is 28.1 Å². The number of nitrogens with zero attached hydrogens (tertiary/aromatic N) is 3. The van der Waals surface area contributed by atoms with Gasteiger partial charge in [0.2, 0.25) is 0 Å². The number of aliphatic imine (C=N–C) groups is 1. The summed E-state index contributed by atoms with van der Waals surface area (Å²) < 4.78 is 16.9. The monoisotopic (exact) mass is 548 g/mol. The van der Waals surface area contributed by atoms with E-state index >= 15 is 0 Å². The van der Waals surface area contributed by atoms with Crippen LogP contribution in [0, 0.1) is 0 Å². The van der Waals surface area contributed by atoms with E-state index < -0.39 is 0 Å². The van der Waals surface area contributed by atoms with Crippen LogP contribution in [-0.4, -0.2) is 81.5 Å². The van der Waals surface area contributed by atoms with E-state index in [4.69, 9.17) is 18.9 Å². The molecular weight excluding hydrogens is 507 g/mol. The molecule has 2 aliphatic heterocycles. The number of methoxy groups -OCH3 is 1. The molecule has 1 aromatic heterocycles. The minimum Gasteiger partial charge on any atom is -0.468 e. The molecule has 3 heterocycles. The van der Waals surface area contributed by atoms with Gasteiger partial charge in [-0.25, -0.2) is 0 Å². The van der Waals surface area contributed by atoms with Gasteiger partial charge in [0.15, 0.2) is 5.96 Å². The number of furan rings is 1. The van der Waals surface area contributed by atoms with Gasteiger partial charge in [-0.1, -0.05) is 6.42 Å². The Labute approximate surface area is 204 Å². The van der Waals surface area contributed by atoms with Gasteiger partial charge in [0.25, 0.3) is 0 Å². The van der Waals surface area contributed by atoms with E-state index in [9.17, 15) is 0 Å². The normalized spacial score (nSPS) is 19.8. The van der Waals surface area contributed by atoms with Crippen molar-refractivity contribution in [1.82, 2.24) is 15.1 Å². The van der Waals surface area contributed by atoms with Crippen LogP contribution in [0.4, 0.5) is 0 Å². The summed E-state index contributed by atoms with van der Waals surface area (Å²) in [6, 6.07) is 4.29. The highest BCUT2D eigenvalue weighted by Gasteiger charge is 2.26. The fourth-order valence-corrected chi connectivity index (χ4v) is 4.38. The fraction of sp³-hybridized carbons (Fsp3) is 0.783. The van der Waals surface area contributed by atoms with E-state index in [0.717, 1.165) is 83.5 Å². The first kappa shape index (κ1) is 26.4. The lowest BCUT2D eigenvalue weighted by molar-refractivity contribution is 0.00987. The third-order valence-corrected chi connectivity index (χ3v) is 6.04. The molecule has 1 unspecified atom stereocenters. The van der Waals surface area contributed by atoms with Crippen molar-refractivity contribution in [2.24, 2.45) is 4.99 Å². The Balaban J connectivity index is 0.00000341. The molecule has 0 aliphatic carbocycles. The summed E-state index contributed by atoms with van der Waals surface area (Å²) in [7, 11) is 1.74. The number of likely N-dealkylation sites (tertiary alicyclic amines) is 2. The highest BCUT2D eigenvalue weighted by Crippen LogP contribution is 2.25. The molecule has 3 rings (SSSR count). The van der Waals surface area contributed by atoms with Crippen molar-refractivity contribution in [3.8, 4) is 0 Å². The van der Waals surface area contributed by atoms with Crippen LogP contribution in [0.1, 0.15) is 57.3 Å². The molecule has 2 aliphatic rings. The third-order valence-electron chi connectivity index (χ3n) is 6.04. The van der Waals surface area contributed by atoms with E-state index in [-0.39, 0.29) is 30.0 Å². The number of hydrogen-bond donors (Lipinski definition) is 1. The van der Waals surface area contributed by atoms with Gasteiger partial charge in [-0.15, -0.1) is 24.0 Å². The van der Waals surface area contributed by atoms with Crippen LogP contribution >= 0.6 is 24.0 Å². The molecule has 2 saturated heterocycles. The van der Waals surface area contributed by atoms with Gasteiger partial charge in [0, 0.05) is 40.0 Å². The summed E-state index contributed by atoms with van der Waals surface area (Å²) in [5.41, 5.74) is 0. The maximum absolute atomic E-state index is 6.01. The predicted octanol–water partition coefficient (Wildman–Crippen LogP) is 3.91. The van der Waals surface area contributed by atoms with Crippen molar-refractivity contribution in [2.45, 2.75) is 57.6 Å². The Kier molecular flexibility index (Phi) is 12.8. The van der Waals surface area contributed by atoms with Gasteiger partial charge in [-0.3, -0.25) is 9.89 Å². The summed E-state index contributed by atoms with van der Waals surface area (Å²) >= 11 is 0. The summed E-state index contributed by atoms with van der Waals surface area (Å²) in [4.78, 5) is 9.97. The van der Waals surface area contributed by atoms with Crippen LogP contribution in [0.3, 0.4) is 0 Å². The zero-order valence-electron chi connectivity index (χ0n) is 19.3. The molecular formula is C23H41IN4O3. The average Bonchev–Trinajstić information content (AvgIpc) is 3.32. The molecule has 7 nitrogen and oxygen atoms in total. The molecule has 0 bridgehead atoms. The second-order valence-electron chi connectivity index (χ2n) is 8.23. The SMILES string of the molecule is CCNC(=NCC(c1ccco1)N1CCCCC1)N1CCC(OCCCOC)CC1.I. The Hall–Kier alpha value is -0.840. The third kappa shape index (κ3) is 8.55. The van der Waals surface area contributed by atoms with E-state index in [0.29, 0.717) is 6.10 Å². The minimum absolute atomic E-state index is 0. The molecule has 178 valence electrons. The lowest BCUT2D eigenvalue weighted by atomic mass is 10.1. The molecule has 1 aromatic rings. The quantitative estimate of drug-likeness (QED) is 0.207. The summed E-state index contributed by atoms with van der Waals surface area (Å²) in [6.45, 7) is 9.51. The Morgan fingerprint density at radius 1 is 1.19 bits per heavy atom. The van der Waals surface area contributed by atoms with Gasteiger partial charge >= 0.3 is 0 Å². The van der Waals surface area contributed by atoms with Crippen LogP contribution in [-0.2, 0) is 9.47 Å². The van der Waals surface area contributed by atoms with E-state index in [1.165, 1.54) is 19.3 Å². The van der Waals surface area contributed by atoms with Gasteiger partial charge < -0.3 is 24.1 Å². The van der Waals surface area contributed by atoms with E-state index in [1.54, 1.807) is 13.4 Å². The maximum atomic E-state index is 6.01. The molecule has 1 atom stereocenters. The first-order valence-corrected chi connectivity index (χ1v) is 11.7. The fourth-order valence-electron chi connectivity index (χ4n) is 4.38. The second-order valence-corrected chi connectivity index (χ2v) is 8.23. The molecule has 8 heteroatoms. The minimum atomic E-state index is 0. The summed E-state index contributed by atoms with van der Waals surface area (Å²) in [5.74, 6) is 2.04. The first-order chi connectivity index (χ1) is 14.8. The molecule has 2 fully saturated rings. The molecule has 0 amide bonds. The van der Waals surface area contributed by atoms with Crippen molar-refractivity contribution in [2.75, 3.05) is 59.6 Å². The largest absolute Gasteiger partial charge is 0.468 e. The van der Waals surface area contributed by atoms with Crippen molar-refractivity contribution in [3.05, 3.63) is 24.2 Å². The van der Waals surface area contributed by atoms with Crippen molar-refractivity contribution in [1.29, 1.82) is 0 Å². The number of piperidine rings is 2. The molecule has 0 aromatic carbocycles. The van der Waals surface area contributed by atoms with Crippen LogP contribution in [0.15, 0.2) is 27.8 Å². The number of guanidine groups is 1. The standard InChI is InChI=1S/C23H40N4O3.HI/c1-3-24-23(27-14-10-20(11-15-27)29-18-8-16-28-2)25-19-21(22-9-7-17-30-22)26-12-5-4-6-13-26;/h7,9,17,20-21H,3-6,8,10-16,18-19H2,1-2H3,(H,24,25);1H. The molecule has 1 N–H and O–H groups in total. The lowest BCUT2D eigenvalue weighted by Gasteiger charge is -2.35. The number of ether oxygens (including phenoxy) is 2. The predicted molar refractivity (Wildman–Crippen MR) is 135 cm³/mol. The van der Waals surface area contributed by atoms with Crippen LogP contribution in [0.25, 0.3) is 0 Å². The highest BCUT2D eigenvalue weighted by atomic mass is 127. The van der Waals surface area contributed by atoms with Crippen LogP contribution < -0.4 is 5.32 Å². The smallest absolute Gasteiger partial charge is 0.193 e. The average molecular weight is 549 g/mol. The van der Waals surface area contributed by atoms with Crippen LogP contribution in [0.2, 0.25) is 0 Å². The van der Waals surface area contributed by atoms with Crippen molar-refractivity contribution >= 4 is 29.9 Å².